The largest absolute Gasteiger partial charge is 0.496 e. The van der Waals surface area contributed by atoms with Gasteiger partial charge in [-0.25, -0.2) is 0 Å². The summed E-state index contributed by atoms with van der Waals surface area (Å²) in [5.74, 6) is 2.71. The van der Waals surface area contributed by atoms with Crippen molar-refractivity contribution in [1.29, 1.82) is 0 Å². The Balaban J connectivity index is 1.91. The molecule has 2 heteroatoms. The van der Waals surface area contributed by atoms with Gasteiger partial charge in [0.25, 0.3) is 0 Å². The first kappa shape index (κ1) is 11.5. The molecule has 88 valence electrons. The molecule has 0 bridgehead atoms. The molecule has 1 aromatic rings. The predicted molar refractivity (Wildman–Crippen MR) is 66.6 cm³/mol. The second-order valence-electron chi connectivity index (χ2n) is 5.01. The average Bonchev–Trinajstić information content (AvgIpc) is 2.22. The van der Waals surface area contributed by atoms with Crippen LogP contribution in [0.15, 0.2) is 24.3 Å². The number of hydrogen-bond acceptors (Lipinski definition) is 2. The van der Waals surface area contributed by atoms with E-state index in [0.717, 1.165) is 24.1 Å². The van der Waals surface area contributed by atoms with Gasteiger partial charge in [0, 0.05) is 25.2 Å². The third kappa shape index (κ3) is 2.38. The maximum absolute atomic E-state index is 5.36. The van der Waals surface area contributed by atoms with Gasteiger partial charge in [-0.05, 0) is 17.9 Å². The van der Waals surface area contributed by atoms with Crippen LogP contribution >= 0.6 is 0 Å². The van der Waals surface area contributed by atoms with E-state index in [2.05, 4.69) is 30.9 Å². The zero-order valence-electron chi connectivity index (χ0n) is 10.4. The van der Waals surface area contributed by atoms with Gasteiger partial charge in [0.05, 0.1) is 7.11 Å². The molecule has 0 amide bonds. The number of para-hydroxylation sites is 1. The van der Waals surface area contributed by atoms with E-state index >= 15 is 0 Å². The van der Waals surface area contributed by atoms with Crippen molar-refractivity contribution in [1.82, 2.24) is 4.90 Å². The molecule has 0 N–H and O–H groups in total. The van der Waals surface area contributed by atoms with Crippen LogP contribution in [0.4, 0.5) is 0 Å². The van der Waals surface area contributed by atoms with E-state index in [4.69, 9.17) is 4.74 Å². The van der Waals surface area contributed by atoms with E-state index in [1.165, 1.54) is 18.7 Å². The van der Waals surface area contributed by atoms with Gasteiger partial charge >= 0.3 is 0 Å². The fourth-order valence-corrected chi connectivity index (χ4v) is 2.24. The van der Waals surface area contributed by atoms with Crippen LogP contribution in [0.1, 0.15) is 19.4 Å². The minimum absolute atomic E-state index is 0.814. The van der Waals surface area contributed by atoms with Crippen molar-refractivity contribution in [3.05, 3.63) is 29.8 Å². The summed E-state index contributed by atoms with van der Waals surface area (Å²) in [5.41, 5.74) is 1.30. The van der Waals surface area contributed by atoms with Crippen LogP contribution < -0.4 is 4.74 Å². The Morgan fingerprint density at radius 1 is 1.31 bits per heavy atom. The Morgan fingerprint density at radius 2 is 2.00 bits per heavy atom. The molecule has 1 aromatic carbocycles. The minimum atomic E-state index is 0.814. The molecule has 16 heavy (non-hydrogen) atoms. The Bertz CT molecular complexity index is 342. The third-order valence-electron chi connectivity index (χ3n) is 3.51. The van der Waals surface area contributed by atoms with Gasteiger partial charge < -0.3 is 4.74 Å². The summed E-state index contributed by atoms with van der Waals surface area (Å²) in [6.45, 7) is 8.11. The molecule has 0 aromatic heterocycles. The Kier molecular flexibility index (Phi) is 3.49. The van der Waals surface area contributed by atoms with Crippen LogP contribution in [0.5, 0.6) is 5.75 Å². The molecular weight excluding hydrogens is 198 g/mol. The molecule has 2 nitrogen and oxygen atoms in total. The van der Waals surface area contributed by atoms with Crippen LogP contribution in [-0.2, 0) is 6.54 Å². The first-order chi connectivity index (χ1) is 7.70. The highest BCUT2D eigenvalue weighted by molar-refractivity contribution is 5.33. The predicted octanol–water partition coefficient (Wildman–Crippen LogP) is 2.78. The number of nitrogens with zero attached hydrogens (tertiary/aromatic N) is 1. The molecule has 0 aliphatic carbocycles. The molecule has 1 fully saturated rings. The topological polar surface area (TPSA) is 12.5 Å². The molecule has 2 rings (SSSR count). The highest BCUT2D eigenvalue weighted by Crippen LogP contribution is 2.27. The quantitative estimate of drug-likeness (QED) is 0.772. The summed E-state index contributed by atoms with van der Waals surface area (Å²) in [7, 11) is 1.74. The monoisotopic (exact) mass is 219 g/mol. The summed E-state index contributed by atoms with van der Waals surface area (Å²) in [5, 5.41) is 0. The van der Waals surface area contributed by atoms with Crippen molar-refractivity contribution in [3.63, 3.8) is 0 Å². The number of benzene rings is 1. The average molecular weight is 219 g/mol. The van der Waals surface area contributed by atoms with Crippen LogP contribution in [0.2, 0.25) is 0 Å². The van der Waals surface area contributed by atoms with Gasteiger partial charge in [-0.3, -0.25) is 4.90 Å². The standard InChI is InChI=1S/C14H21NO/c1-11(2)13-9-15(10-13)8-12-6-4-5-7-14(12)16-3/h4-7,11,13H,8-10H2,1-3H3. The van der Waals surface area contributed by atoms with E-state index in [9.17, 15) is 0 Å². The Labute approximate surface area is 98.2 Å². The molecular formula is C14H21NO. The van der Waals surface area contributed by atoms with Crippen molar-refractivity contribution in [2.75, 3.05) is 20.2 Å². The molecule has 1 heterocycles. The summed E-state index contributed by atoms with van der Waals surface area (Å²) in [6.07, 6.45) is 0. The van der Waals surface area contributed by atoms with Crippen LogP contribution in [0.25, 0.3) is 0 Å². The lowest BCUT2D eigenvalue weighted by atomic mass is 9.88. The Hall–Kier alpha value is -1.02. The molecule has 0 radical (unpaired) electrons. The second kappa shape index (κ2) is 4.88. The summed E-state index contributed by atoms with van der Waals surface area (Å²) < 4.78 is 5.36. The molecule has 0 saturated carbocycles. The normalized spacial score (nSPS) is 17.5. The van der Waals surface area contributed by atoms with Gasteiger partial charge in [0.1, 0.15) is 5.75 Å². The van der Waals surface area contributed by atoms with E-state index < -0.39 is 0 Å². The van der Waals surface area contributed by atoms with E-state index in [1.807, 2.05) is 12.1 Å². The van der Waals surface area contributed by atoms with Gasteiger partial charge in [-0.15, -0.1) is 0 Å². The van der Waals surface area contributed by atoms with Crippen molar-refractivity contribution >= 4 is 0 Å². The molecule has 0 spiro atoms. The first-order valence-electron chi connectivity index (χ1n) is 6.05. The maximum Gasteiger partial charge on any atom is 0.123 e. The number of likely N-dealkylation sites (tertiary alicyclic amines) is 1. The number of ether oxygens (including phenoxy) is 1. The van der Waals surface area contributed by atoms with Crippen molar-refractivity contribution in [2.24, 2.45) is 11.8 Å². The summed E-state index contributed by atoms with van der Waals surface area (Å²) >= 11 is 0. The molecule has 1 aliphatic rings. The summed E-state index contributed by atoms with van der Waals surface area (Å²) in [6, 6.07) is 8.30. The van der Waals surface area contributed by atoms with E-state index in [0.29, 0.717) is 0 Å². The fraction of sp³-hybridized carbons (Fsp3) is 0.571. The van der Waals surface area contributed by atoms with Gasteiger partial charge in [-0.2, -0.15) is 0 Å². The molecule has 1 saturated heterocycles. The van der Waals surface area contributed by atoms with Crippen LogP contribution in [0.3, 0.4) is 0 Å². The van der Waals surface area contributed by atoms with E-state index in [-0.39, 0.29) is 0 Å². The third-order valence-corrected chi connectivity index (χ3v) is 3.51. The van der Waals surface area contributed by atoms with Crippen LogP contribution in [0, 0.1) is 11.8 Å². The first-order valence-corrected chi connectivity index (χ1v) is 6.05. The lowest BCUT2D eigenvalue weighted by Gasteiger charge is -2.41. The zero-order chi connectivity index (χ0) is 11.5. The number of hydrogen-bond donors (Lipinski definition) is 0. The smallest absolute Gasteiger partial charge is 0.123 e. The fourth-order valence-electron chi connectivity index (χ4n) is 2.24. The zero-order valence-corrected chi connectivity index (χ0v) is 10.4. The van der Waals surface area contributed by atoms with Gasteiger partial charge in [-0.1, -0.05) is 32.0 Å². The second-order valence-corrected chi connectivity index (χ2v) is 5.01. The van der Waals surface area contributed by atoms with Crippen molar-refractivity contribution < 1.29 is 4.74 Å². The molecule has 0 atom stereocenters. The van der Waals surface area contributed by atoms with E-state index in [1.54, 1.807) is 7.11 Å². The van der Waals surface area contributed by atoms with Crippen molar-refractivity contribution in [3.8, 4) is 5.75 Å². The highest BCUT2D eigenvalue weighted by atomic mass is 16.5. The number of rotatable bonds is 4. The Morgan fingerprint density at radius 3 is 2.62 bits per heavy atom. The molecule has 1 aliphatic heterocycles. The maximum atomic E-state index is 5.36. The lowest BCUT2D eigenvalue weighted by Crippen LogP contribution is -2.48. The molecule has 0 unspecified atom stereocenters. The van der Waals surface area contributed by atoms with Crippen LogP contribution in [-0.4, -0.2) is 25.1 Å². The minimum Gasteiger partial charge on any atom is -0.496 e. The summed E-state index contributed by atoms with van der Waals surface area (Å²) in [4.78, 5) is 2.49. The number of methoxy groups -OCH3 is 1. The van der Waals surface area contributed by atoms with Crippen molar-refractivity contribution in [2.45, 2.75) is 20.4 Å². The SMILES string of the molecule is COc1ccccc1CN1CC(C(C)C)C1. The lowest BCUT2D eigenvalue weighted by molar-refractivity contribution is 0.0607. The van der Waals surface area contributed by atoms with Gasteiger partial charge in [0.15, 0.2) is 0 Å². The van der Waals surface area contributed by atoms with Gasteiger partial charge in [0.2, 0.25) is 0 Å². The highest BCUT2D eigenvalue weighted by Gasteiger charge is 2.29.